The number of amides is 1. The standard InChI is InChI=1S/C9H17NO2.C5H13NO.C4H5ClO/c1-7(2)12-6-5-10-9(11)8-3-4-8;1-5(2)7-4-3-6;5-4(6)3-1-2-3/h7-8H,3-6H2,1-2H3,(H,10,11);5H,3-4,6H2,1-2H3;3H,1-2H2. The number of hydrogen-bond donors (Lipinski definition) is 2. The molecule has 0 aromatic rings. The van der Waals surface area contributed by atoms with Gasteiger partial charge in [-0.1, -0.05) is 0 Å². The van der Waals surface area contributed by atoms with Gasteiger partial charge in [0.05, 0.1) is 25.4 Å². The summed E-state index contributed by atoms with van der Waals surface area (Å²) in [6.07, 6.45) is 4.74. The summed E-state index contributed by atoms with van der Waals surface area (Å²) >= 11 is 5.04. The first-order valence-electron chi connectivity index (χ1n) is 9.18. The van der Waals surface area contributed by atoms with Gasteiger partial charge in [0.2, 0.25) is 11.1 Å². The molecule has 0 aliphatic heterocycles. The molecule has 0 heterocycles. The van der Waals surface area contributed by atoms with Crippen LogP contribution in [0, 0.1) is 11.8 Å². The van der Waals surface area contributed by atoms with E-state index in [0.717, 1.165) is 25.7 Å². The highest BCUT2D eigenvalue weighted by atomic mass is 35.5. The van der Waals surface area contributed by atoms with Crippen molar-refractivity contribution in [1.82, 2.24) is 5.32 Å². The lowest BCUT2D eigenvalue weighted by atomic mass is 10.4. The predicted molar refractivity (Wildman–Crippen MR) is 101 cm³/mol. The minimum Gasteiger partial charge on any atom is -0.377 e. The Morgan fingerprint density at radius 2 is 1.48 bits per heavy atom. The summed E-state index contributed by atoms with van der Waals surface area (Å²) in [5.41, 5.74) is 5.15. The number of rotatable bonds is 9. The van der Waals surface area contributed by atoms with Crippen LogP contribution in [-0.2, 0) is 19.1 Å². The molecule has 0 unspecified atom stereocenters. The van der Waals surface area contributed by atoms with Crippen molar-refractivity contribution >= 4 is 22.8 Å². The summed E-state index contributed by atoms with van der Waals surface area (Å²) in [6, 6.07) is 0. The maximum Gasteiger partial charge on any atom is 0.224 e. The second-order valence-electron chi connectivity index (χ2n) is 6.77. The molecule has 0 radical (unpaired) electrons. The third-order valence-electron chi connectivity index (χ3n) is 3.27. The van der Waals surface area contributed by atoms with Gasteiger partial charge in [-0.15, -0.1) is 0 Å². The molecule has 25 heavy (non-hydrogen) atoms. The average molecular weight is 379 g/mol. The molecule has 0 aromatic heterocycles. The summed E-state index contributed by atoms with van der Waals surface area (Å²) in [6.45, 7) is 10.5. The van der Waals surface area contributed by atoms with Crippen LogP contribution in [0.4, 0.5) is 0 Å². The van der Waals surface area contributed by atoms with E-state index in [2.05, 4.69) is 5.32 Å². The van der Waals surface area contributed by atoms with Gasteiger partial charge in [-0.05, 0) is 65.0 Å². The van der Waals surface area contributed by atoms with Crippen LogP contribution in [0.25, 0.3) is 0 Å². The molecule has 2 rings (SSSR count). The molecule has 2 aliphatic carbocycles. The topological polar surface area (TPSA) is 90.7 Å². The largest absolute Gasteiger partial charge is 0.377 e. The number of halogens is 1. The Morgan fingerprint density at radius 3 is 1.76 bits per heavy atom. The summed E-state index contributed by atoms with van der Waals surface area (Å²) in [4.78, 5) is 21.1. The lowest BCUT2D eigenvalue weighted by Gasteiger charge is -2.07. The molecule has 0 bridgehead atoms. The molecule has 0 saturated heterocycles. The van der Waals surface area contributed by atoms with Crippen molar-refractivity contribution in [1.29, 1.82) is 0 Å². The fourth-order valence-electron chi connectivity index (χ4n) is 1.57. The van der Waals surface area contributed by atoms with Gasteiger partial charge in [-0.25, -0.2) is 0 Å². The van der Waals surface area contributed by atoms with Gasteiger partial charge >= 0.3 is 0 Å². The molecule has 2 aliphatic rings. The molecule has 2 fully saturated rings. The van der Waals surface area contributed by atoms with Crippen LogP contribution in [-0.4, -0.2) is 49.7 Å². The third kappa shape index (κ3) is 17.9. The molecule has 0 atom stereocenters. The van der Waals surface area contributed by atoms with Crippen molar-refractivity contribution < 1.29 is 19.1 Å². The molecular formula is C18H35ClN2O4. The zero-order valence-electron chi connectivity index (χ0n) is 16.1. The zero-order chi connectivity index (χ0) is 19.2. The third-order valence-corrected chi connectivity index (χ3v) is 3.58. The Kier molecular flexibility index (Phi) is 14.1. The van der Waals surface area contributed by atoms with Crippen LogP contribution < -0.4 is 11.1 Å². The highest BCUT2D eigenvalue weighted by Crippen LogP contribution is 2.30. The lowest BCUT2D eigenvalue weighted by Crippen LogP contribution is -2.29. The second kappa shape index (κ2) is 14.5. The van der Waals surface area contributed by atoms with Gasteiger partial charge in [0, 0.05) is 24.9 Å². The maximum atomic E-state index is 11.1. The molecule has 0 spiro atoms. The number of nitrogens with one attached hydrogen (secondary N) is 1. The molecule has 6 nitrogen and oxygen atoms in total. The van der Waals surface area contributed by atoms with E-state index in [1.807, 2.05) is 27.7 Å². The van der Waals surface area contributed by atoms with Crippen LogP contribution in [0.2, 0.25) is 0 Å². The minimum atomic E-state index is -0.157. The summed E-state index contributed by atoms with van der Waals surface area (Å²) in [7, 11) is 0. The highest BCUT2D eigenvalue weighted by molar-refractivity contribution is 6.64. The Hall–Kier alpha value is -0.690. The van der Waals surface area contributed by atoms with Crippen molar-refractivity contribution in [3.63, 3.8) is 0 Å². The van der Waals surface area contributed by atoms with E-state index in [4.69, 9.17) is 26.8 Å². The van der Waals surface area contributed by atoms with Gasteiger partial charge in [-0.3, -0.25) is 9.59 Å². The van der Waals surface area contributed by atoms with Crippen molar-refractivity contribution in [2.24, 2.45) is 17.6 Å². The van der Waals surface area contributed by atoms with E-state index in [-0.39, 0.29) is 23.2 Å². The zero-order valence-corrected chi connectivity index (χ0v) is 16.8. The first kappa shape index (κ1) is 24.3. The molecular weight excluding hydrogens is 344 g/mol. The first-order valence-corrected chi connectivity index (χ1v) is 9.56. The highest BCUT2D eigenvalue weighted by Gasteiger charge is 2.29. The van der Waals surface area contributed by atoms with Gasteiger partial charge in [0.25, 0.3) is 0 Å². The van der Waals surface area contributed by atoms with Gasteiger partial charge in [0.15, 0.2) is 0 Å². The van der Waals surface area contributed by atoms with E-state index in [1.54, 1.807) is 0 Å². The Labute approximate surface area is 157 Å². The Bertz CT molecular complexity index is 370. The second-order valence-corrected chi connectivity index (χ2v) is 7.14. The summed E-state index contributed by atoms with van der Waals surface area (Å²) in [5.74, 6) is 0.734. The number of carbonyl (C=O) groups is 2. The van der Waals surface area contributed by atoms with Crippen molar-refractivity contribution in [2.75, 3.05) is 26.3 Å². The fraction of sp³-hybridized carbons (Fsp3) is 0.889. The number of hydrogen-bond acceptors (Lipinski definition) is 5. The van der Waals surface area contributed by atoms with E-state index in [1.165, 1.54) is 0 Å². The van der Waals surface area contributed by atoms with E-state index >= 15 is 0 Å². The monoisotopic (exact) mass is 378 g/mol. The first-order chi connectivity index (χ1) is 11.8. The lowest BCUT2D eigenvalue weighted by molar-refractivity contribution is -0.122. The number of carbonyl (C=O) groups excluding carboxylic acids is 2. The molecule has 1 amide bonds. The van der Waals surface area contributed by atoms with Crippen LogP contribution in [0.1, 0.15) is 53.4 Å². The van der Waals surface area contributed by atoms with Crippen molar-refractivity contribution in [2.45, 2.75) is 65.6 Å². The average Bonchev–Trinajstić information content (AvgIpc) is 3.41. The van der Waals surface area contributed by atoms with Gasteiger partial charge in [0.1, 0.15) is 0 Å². The molecule has 7 heteroatoms. The Balaban J connectivity index is 0.000000377. The maximum absolute atomic E-state index is 11.1. The smallest absolute Gasteiger partial charge is 0.224 e. The van der Waals surface area contributed by atoms with Crippen LogP contribution in [0.5, 0.6) is 0 Å². The van der Waals surface area contributed by atoms with Gasteiger partial charge < -0.3 is 20.5 Å². The Morgan fingerprint density at radius 1 is 1.00 bits per heavy atom. The van der Waals surface area contributed by atoms with Crippen LogP contribution in [0.15, 0.2) is 0 Å². The van der Waals surface area contributed by atoms with Gasteiger partial charge in [-0.2, -0.15) is 0 Å². The van der Waals surface area contributed by atoms with E-state index in [0.29, 0.717) is 38.3 Å². The SMILES string of the molecule is CC(C)OCCN.CC(C)OCCNC(=O)C1CC1.O=C(Cl)C1CC1. The minimum absolute atomic E-state index is 0.157. The van der Waals surface area contributed by atoms with E-state index in [9.17, 15) is 9.59 Å². The quantitative estimate of drug-likeness (QED) is 0.475. The summed E-state index contributed by atoms with van der Waals surface area (Å²) < 4.78 is 10.3. The normalized spacial score (nSPS) is 15.8. The number of ether oxygens (including phenoxy) is 2. The van der Waals surface area contributed by atoms with E-state index < -0.39 is 0 Å². The van der Waals surface area contributed by atoms with Crippen LogP contribution in [0.3, 0.4) is 0 Å². The van der Waals surface area contributed by atoms with Crippen molar-refractivity contribution in [3.8, 4) is 0 Å². The summed E-state index contributed by atoms with van der Waals surface area (Å²) in [5, 5.41) is 2.68. The fourth-order valence-corrected chi connectivity index (χ4v) is 1.79. The molecule has 2 saturated carbocycles. The predicted octanol–water partition coefficient (Wildman–Crippen LogP) is 2.47. The number of nitrogens with two attached hydrogens (primary N) is 1. The van der Waals surface area contributed by atoms with Crippen LogP contribution >= 0.6 is 11.6 Å². The molecule has 148 valence electrons. The molecule has 3 N–H and O–H groups in total. The van der Waals surface area contributed by atoms with Crippen molar-refractivity contribution in [3.05, 3.63) is 0 Å². The molecule has 0 aromatic carbocycles.